The molecule has 0 radical (unpaired) electrons. The molecule has 3 aromatic rings. The minimum absolute atomic E-state index is 0.168. The standard InChI is InChI=1S/C22H29FN6O.2C2HF3O2/c1-14(2)20-17-4-3-5-18(23)21(17)29(26-20)22-25-19(30-27-22)12-15-8-11-28(13-15)16-6-9-24-10-7-16;2*3-2(4,5)1(6)7/h3-5,14-16,24H,6-13H2,1-2H3;2*(H,6,7)/t15-;;/m0../s1. The highest BCUT2D eigenvalue weighted by Crippen LogP contribution is 2.29. The zero-order valence-electron chi connectivity index (χ0n) is 23.6. The number of likely N-dealkylation sites (tertiary alicyclic amines) is 1. The Morgan fingerprint density at radius 3 is 2.18 bits per heavy atom. The van der Waals surface area contributed by atoms with Crippen molar-refractivity contribution < 1.29 is 55.1 Å². The van der Waals surface area contributed by atoms with E-state index in [1.165, 1.54) is 23.6 Å². The monoisotopic (exact) mass is 640 g/mol. The van der Waals surface area contributed by atoms with Gasteiger partial charge in [0, 0.05) is 24.4 Å². The van der Waals surface area contributed by atoms with E-state index in [0.717, 1.165) is 50.1 Å². The number of alkyl halides is 6. The van der Waals surface area contributed by atoms with E-state index >= 15 is 0 Å². The fourth-order valence-corrected chi connectivity index (χ4v) is 4.91. The van der Waals surface area contributed by atoms with Crippen molar-refractivity contribution in [2.75, 3.05) is 26.2 Å². The maximum atomic E-state index is 14.6. The van der Waals surface area contributed by atoms with Gasteiger partial charge in [-0.1, -0.05) is 26.0 Å². The molecule has 0 aliphatic carbocycles. The van der Waals surface area contributed by atoms with Crippen LogP contribution in [0.1, 0.15) is 50.6 Å². The van der Waals surface area contributed by atoms with E-state index in [9.17, 15) is 30.7 Å². The van der Waals surface area contributed by atoms with Crippen LogP contribution in [-0.2, 0) is 16.0 Å². The zero-order valence-corrected chi connectivity index (χ0v) is 23.6. The predicted octanol–water partition coefficient (Wildman–Crippen LogP) is 4.55. The molecule has 4 heterocycles. The Morgan fingerprint density at radius 1 is 1.05 bits per heavy atom. The van der Waals surface area contributed by atoms with Crippen molar-refractivity contribution >= 4 is 22.8 Å². The van der Waals surface area contributed by atoms with Crippen LogP contribution in [0, 0.1) is 11.7 Å². The number of fused-ring (bicyclic) bond motifs is 1. The lowest BCUT2D eigenvalue weighted by Crippen LogP contribution is -2.42. The largest absolute Gasteiger partial charge is 0.490 e. The number of para-hydroxylation sites is 1. The number of nitrogens with zero attached hydrogens (tertiary/aromatic N) is 5. The summed E-state index contributed by atoms with van der Waals surface area (Å²) in [6, 6.07) is 5.75. The molecule has 2 saturated heterocycles. The number of rotatable bonds is 5. The Balaban J connectivity index is 0.000000317. The second-order valence-corrected chi connectivity index (χ2v) is 10.5. The van der Waals surface area contributed by atoms with Gasteiger partial charge < -0.3 is 20.1 Å². The van der Waals surface area contributed by atoms with Crippen molar-refractivity contribution in [3.8, 4) is 5.95 Å². The lowest BCUT2D eigenvalue weighted by molar-refractivity contribution is -0.193. The average molecular weight is 641 g/mol. The Labute approximate surface area is 246 Å². The number of nitrogens with one attached hydrogen (secondary N) is 1. The van der Waals surface area contributed by atoms with Crippen LogP contribution in [-0.4, -0.2) is 91.5 Å². The summed E-state index contributed by atoms with van der Waals surface area (Å²) in [5.41, 5.74) is 1.25. The van der Waals surface area contributed by atoms with E-state index in [1.54, 1.807) is 6.07 Å². The molecule has 2 aliphatic heterocycles. The van der Waals surface area contributed by atoms with Gasteiger partial charge in [0.1, 0.15) is 11.3 Å². The first-order valence-electron chi connectivity index (χ1n) is 13.5. The van der Waals surface area contributed by atoms with Gasteiger partial charge in [-0.05, 0) is 62.0 Å². The van der Waals surface area contributed by atoms with Crippen molar-refractivity contribution in [2.45, 2.75) is 63.8 Å². The van der Waals surface area contributed by atoms with Gasteiger partial charge in [0.2, 0.25) is 5.89 Å². The molecule has 44 heavy (non-hydrogen) atoms. The van der Waals surface area contributed by atoms with Crippen LogP contribution in [0.2, 0.25) is 0 Å². The smallest absolute Gasteiger partial charge is 0.475 e. The Bertz CT molecular complexity index is 1390. The summed E-state index contributed by atoms with van der Waals surface area (Å²) in [5.74, 6) is -4.24. The summed E-state index contributed by atoms with van der Waals surface area (Å²) in [7, 11) is 0. The molecule has 1 aromatic carbocycles. The van der Waals surface area contributed by atoms with E-state index in [1.807, 2.05) is 19.9 Å². The number of carbonyl (C=O) groups is 2. The molecule has 2 aromatic heterocycles. The molecule has 5 rings (SSSR count). The summed E-state index contributed by atoms with van der Waals surface area (Å²) < 4.78 is 85.1. The number of hydrogen-bond acceptors (Lipinski definition) is 8. The lowest BCUT2D eigenvalue weighted by Gasteiger charge is -2.31. The van der Waals surface area contributed by atoms with Crippen LogP contribution in [0.4, 0.5) is 30.7 Å². The topological polar surface area (TPSA) is 147 Å². The number of halogens is 7. The van der Waals surface area contributed by atoms with Crippen LogP contribution in [0.15, 0.2) is 22.7 Å². The molecular weight excluding hydrogens is 609 g/mol. The Hall–Kier alpha value is -3.80. The number of aromatic nitrogens is 4. The van der Waals surface area contributed by atoms with Gasteiger partial charge in [-0.3, -0.25) is 4.90 Å². The number of aliphatic carboxylic acids is 2. The quantitative estimate of drug-likeness (QED) is 0.340. The van der Waals surface area contributed by atoms with E-state index < -0.39 is 24.3 Å². The molecule has 1 atom stereocenters. The molecule has 3 N–H and O–H groups in total. The highest BCUT2D eigenvalue weighted by atomic mass is 19.4. The number of benzene rings is 1. The van der Waals surface area contributed by atoms with Gasteiger partial charge >= 0.3 is 24.3 Å². The average Bonchev–Trinajstić information content (AvgIpc) is 3.68. The van der Waals surface area contributed by atoms with Crippen LogP contribution in [0.3, 0.4) is 0 Å². The van der Waals surface area contributed by atoms with Crippen molar-refractivity contribution in [1.82, 2.24) is 30.1 Å². The number of carboxylic acid groups (broad SMARTS) is 2. The summed E-state index contributed by atoms with van der Waals surface area (Å²) in [6.45, 7) is 8.55. The van der Waals surface area contributed by atoms with Gasteiger partial charge in [-0.15, -0.1) is 0 Å². The van der Waals surface area contributed by atoms with Gasteiger partial charge in [0.15, 0.2) is 0 Å². The van der Waals surface area contributed by atoms with Crippen molar-refractivity contribution in [1.29, 1.82) is 0 Å². The molecule has 2 fully saturated rings. The summed E-state index contributed by atoms with van der Waals surface area (Å²) in [6.07, 6.45) is -5.80. The maximum absolute atomic E-state index is 14.6. The molecule has 18 heteroatoms. The number of hydrogen-bond donors (Lipinski definition) is 3. The van der Waals surface area contributed by atoms with E-state index in [4.69, 9.17) is 24.3 Å². The van der Waals surface area contributed by atoms with Crippen LogP contribution in [0.5, 0.6) is 0 Å². The molecule has 11 nitrogen and oxygen atoms in total. The van der Waals surface area contributed by atoms with Gasteiger partial charge in [-0.25, -0.2) is 14.0 Å². The number of piperidine rings is 1. The van der Waals surface area contributed by atoms with E-state index in [2.05, 4.69) is 25.5 Å². The molecule has 2 aliphatic rings. The molecule has 244 valence electrons. The fraction of sp³-hybridized carbons (Fsp3) is 0.577. The third-order valence-corrected chi connectivity index (χ3v) is 6.97. The molecule has 0 spiro atoms. The summed E-state index contributed by atoms with van der Waals surface area (Å²) in [4.78, 5) is 25.0. The number of carboxylic acids is 2. The van der Waals surface area contributed by atoms with E-state index in [0.29, 0.717) is 29.3 Å². The first kappa shape index (κ1) is 34.7. The zero-order chi connectivity index (χ0) is 32.8. The first-order valence-corrected chi connectivity index (χ1v) is 13.5. The summed E-state index contributed by atoms with van der Waals surface area (Å²) in [5, 5.41) is 27.2. The minimum Gasteiger partial charge on any atom is -0.475 e. The Kier molecular flexibility index (Phi) is 11.3. The second kappa shape index (κ2) is 14.3. The molecule has 0 unspecified atom stereocenters. The maximum Gasteiger partial charge on any atom is 0.490 e. The van der Waals surface area contributed by atoms with Crippen LogP contribution >= 0.6 is 0 Å². The van der Waals surface area contributed by atoms with Crippen molar-refractivity contribution in [3.63, 3.8) is 0 Å². The fourth-order valence-electron chi connectivity index (χ4n) is 4.91. The second-order valence-electron chi connectivity index (χ2n) is 10.5. The third kappa shape index (κ3) is 9.10. The minimum atomic E-state index is -5.08. The van der Waals surface area contributed by atoms with Crippen molar-refractivity contribution in [2.24, 2.45) is 5.92 Å². The predicted molar refractivity (Wildman–Crippen MR) is 140 cm³/mol. The lowest BCUT2D eigenvalue weighted by atomic mass is 10.0. The first-order chi connectivity index (χ1) is 20.5. The molecular formula is C26H31F7N6O5. The van der Waals surface area contributed by atoms with Gasteiger partial charge in [0.25, 0.3) is 5.95 Å². The van der Waals surface area contributed by atoms with Crippen molar-refractivity contribution in [3.05, 3.63) is 35.6 Å². The highest BCUT2D eigenvalue weighted by Gasteiger charge is 2.39. The van der Waals surface area contributed by atoms with Gasteiger partial charge in [-0.2, -0.15) is 41.1 Å². The van der Waals surface area contributed by atoms with Gasteiger partial charge in [0.05, 0.1) is 5.69 Å². The normalized spacial score (nSPS) is 18.1. The van der Waals surface area contributed by atoms with E-state index in [-0.39, 0.29) is 11.7 Å². The molecule has 0 saturated carbocycles. The van der Waals surface area contributed by atoms with Crippen LogP contribution < -0.4 is 5.32 Å². The van der Waals surface area contributed by atoms with Crippen LogP contribution in [0.25, 0.3) is 16.9 Å². The summed E-state index contributed by atoms with van der Waals surface area (Å²) >= 11 is 0. The highest BCUT2D eigenvalue weighted by molar-refractivity contribution is 5.84. The molecule has 0 amide bonds. The SMILES string of the molecule is CC(C)c1nn(-c2noc(C[C@@H]3CCN(C4CCNCC4)C3)n2)c2c(F)cccc12.O=C(O)C(F)(F)F.O=C(O)C(F)(F)F. The molecule has 0 bridgehead atoms. The Morgan fingerprint density at radius 2 is 1.64 bits per heavy atom. The third-order valence-electron chi connectivity index (χ3n) is 6.97.